The third-order valence-electron chi connectivity index (χ3n) is 6.01. The van der Waals surface area contributed by atoms with Crippen molar-refractivity contribution in [2.75, 3.05) is 0 Å². The lowest BCUT2D eigenvalue weighted by Crippen LogP contribution is -2.59. The number of rotatable bonds is 6. The molecule has 0 unspecified atom stereocenters. The van der Waals surface area contributed by atoms with E-state index in [0.29, 0.717) is 20.7 Å². The van der Waals surface area contributed by atoms with Crippen molar-refractivity contribution in [2.24, 2.45) is 0 Å². The molecule has 5 aromatic rings. The van der Waals surface area contributed by atoms with E-state index in [0.717, 1.165) is 0 Å². The SMILES string of the molecule is Fc1c(F)c([Si](c2ccccc2)c2ccccc2)c(F)c(F)c1[Si](c1ccccc1)c1ccccc1. The molecule has 36 heavy (non-hydrogen) atoms. The lowest BCUT2D eigenvalue weighted by atomic mass is 10.3. The van der Waals surface area contributed by atoms with E-state index in [1.807, 2.05) is 0 Å². The molecule has 0 spiro atoms. The van der Waals surface area contributed by atoms with E-state index in [9.17, 15) is 0 Å². The molecule has 5 aromatic carbocycles. The minimum Gasteiger partial charge on any atom is -0.204 e. The van der Waals surface area contributed by atoms with Gasteiger partial charge in [0.25, 0.3) is 0 Å². The number of halogens is 4. The molecule has 176 valence electrons. The Morgan fingerprint density at radius 1 is 0.306 bits per heavy atom. The van der Waals surface area contributed by atoms with Crippen LogP contribution in [0.4, 0.5) is 17.6 Å². The zero-order valence-electron chi connectivity index (χ0n) is 19.1. The molecule has 5 rings (SSSR count). The van der Waals surface area contributed by atoms with Crippen LogP contribution in [-0.2, 0) is 0 Å². The van der Waals surface area contributed by atoms with Gasteiger partial charge in [0.15, 0.2) is 40.9 Å². The average molecular weight is 513 g/mol. The number of hydrogen-bond donors (Lipinski definition) is 0. The van der Waals surface area contributed by atoms with Gasteiger partial charge >= 0.3 is 0 Å². The maximum atomic E-state index is 16.0. The minimum absolute atomic E-state index is 0.529. The predicted molar refractivity (Wildman–Crippen MR) is 141 cm³/mol. The summed E-state index contributed by atoms with van der Waals surface area (Å²) in [6, 6.07) is 35.2. The first-order valence-electron chi connectivity index (χ1n) is 11.4. The van der Waals surface area contributed by atoms with Gasteiger partial charge in [0.2, 0.25) is 0 Å². The van der Waals surface area contributed by atoms with Gasteiger partial charge in [-0.2, -0.15) is 0 Å². The van der Waals surface area contributed by atoms with Crippen LogP contribution < -0.4 is 31.1 Å². The maximum Gasteiger partial charge on any atom is 0.162 e. The molecule has 0 N–H and O–H groups in total. The molecule has 2 radical (unpaired) electrons. The van der Waals surface area contributed by atoms with E-state index in [4.69, 9.17) is 0 Å². The van der Waals surface area contributed by atoms with Crippen molar-refractivity contribution >= 4 is 48.7 Å². The van der Waals surface area contributed by atoms with Crippen molar-refractivity contribution in [3.63, 3.8) is 0 Å². The summed E-state index contributed by atoms with van der Waals surface area (Å²) < 4.78 is 63.9. The Bertz CT molecular complexity index is 1240. The largest absolute Gasteiger partial charge is 0.204 e. The maximum absolute atomic E-state index is 16.0. The summed E-state index contributed by atoms with van der Waals surface area (Å²) in [6.07, 6.45) is 0. The highest BCUT2D eigenvalue weighted by atomic mass is 28.3. The third-order valence-corrected chi connectivity index (χ3v) is 11.5. The van der Waals surface area contributed by atoms with Gasteiger partial charge in [-0.15, -0.1) is 0 Å². The monoisotopic (exact) mass is 512 g/mol. The fourth-order valence-corrected chi connectivity index (χ4v) is 9.64. The Balaban J connectivity index is 1.77. The molecule has 0 heterocycles. The van der Waals surface area contributed by atoms with Crippen molar-refractivity contribution in [3.05, 3.63) is 145 Å². The van der Waals surface area contributed by atoms with E-state index in [1.54, 1.807) is 121 Å². The van der Waals surface area contributed by atoms with Crippen LogP contribution in [0.15, 0.2) is 121 Å². The molecule has 0 saturated heterocycles. The Labute approximate surface area is 210 Å². The summed E-state index contributed by atoms with van der Waals surface area (Å²) in [6.45, 7) is 0. The van der Waals surface area contributed by atoms with Crippen LogP contribution >= 0.6 is 0 Å². The van der Waals surface area contributed by atoms with Crippen LogP contribution in [0.25, 0.3) is 0 Å². The first-order chi connectivity index (χ1) is 17.6. The van der Waals surface area contributed by atoms with Crippen LogP contribution in [-0.4, -0.2) is 17.6 Å². The second-order valence-electron chi connectivity index (χ2n) is 8.22. The molecule has 0 nitrogen and oxygen atoms in total. The molecule has 0 aliphatic heterocycles. The van der Waals surface area contributed by atoms with Crippen molar-refractivity contribution in [1.29, 1.82) is 0 Å². The van der Waals surface area contributed by atoms with Crippen LogP contribution in [0.3, 0.4) is 0 Å². The zero-order valence-corrected chi connectivity index (χ0v) is 21.1. The summed E-state index contributed by atoms with van der Waals surface area (Å²) >= 11 is 0. The average Bonchev–Trinajstić information content (AvgIpc) is 2.94. The highest BCUT2D eigenvalue weighted by molar-refractivity contribution is 6.97. The Kier molecular flexibility index (Phi) is 6.98. The lowest BCUT2D eigenvalue weighted by molar-refractivity contribution is 0.472. The molecule has 0 aliphatic carbocycles. The Morgan fingerprint density at radius 3 is 0.694 bits per heavy atom. The summed E-state index contributed by atoms with van der Waals surface area (Å²) in [4.78, 5) is 0. The van der Waals surface area contributed by atoms with Crippen LogP contribution in [0, 0.1) is 23.3 Å². The zero-order chi connectivity index (χ0) is 25.1. The van der Waals surface area contributed by atoms with E-state index >= 15 is 17.6 Å². The van der Waals surface area contributed by atoms with E-state index in [2.05, 4.69) is 0 Å². The third kappa shape index (κ3) is 4.45. The van der Waals surface area contributed by atoms with Crippen LogP contribution in [0.5, 0.6) is 0 Å². The second-order valence-corrected chi connectivity index (χ2v) is 13.0. The van der Waals surface area contributed by atoms with Gasteiger partial charge in [-0.25, -0.2) is 17.6 Å². The number of benzene rings is 5. The van der Waals surface area contributed by atoms with Crippen molar-refractivity contribution in [1.82, 2.24) is 0 Å². The molecule has 0 atom stereocenters. The van der Waals surface area contributed by atoms with Gasteiger partial charge in [0, 0.05) is 10.4 Å². The smallest absolute Gasteiger partial charge is 0.162 e. The fourth-order valence-electron chi connectivity index (χ4n) is 4.40. The van der Waals surface area contributed by atoms with E-state index < -0.39 is 51.2 Å². The van der Waals surface area contributed by atoms with E-state index in [1.165, 1.54) is 0 Å². The van der Waals surface area contributed by atoms with Gasteiger partial charge < -0.3 is 0 Å². The molecular formula is C30H20F4Si2. The van der Waals surface area contributed by atoms with Gasteiger partial charge in [-0.3, -0.25) is 0 Å². The van der Waals surface area contributed by atoms with Crippen LogP contribution in [0.1, 0.15) is 0 Å². The molecule has 0 aromatic heterocycles. The van der Waals surface area contributed by atoms with Crippen molar-refractivity contribution < 1.29 is 17.6 Å². The quantitative estimate of drug-likeness (QED) is 0.142. The normalized spacial score (nSPS) is 11.3. The Morgan fingerprint density at radius 2 is 0.500 bits per heavy atom. The van der Waals surface area contributed by atoms with Gasteiger partial charge in [0.05, 0.1) is 0 Å². The van der Waals surface area contributed by atoms with Crippen LogP contribution in [0.2, 0.25) is 0 Å². The standard InChI is InChI=1S/C30H20F4Si2/c31-25-27(33)30(36(23-17-9-3-10-18-23)24-19-11-4-12-20-24)28(34)26(32)29(25)35(21-13-5-1-6-14-21)22-15-7-2-8-16-22/h1-20H. The summed E-state index contributed by atoms with van der Waals surface area (Å²) in [5.41, 5.74) is 0. The second kappa shape index (κ2) is 10.5. The lowest BCUT2D eigenvalue weighted by Gasteiger charge is -2.23. The Hall–Kier alpha value is -3.75. The first kappa shape index (κ1) is 24.0. The molecule has 0 saturated carbocycles. The molecular weight excluding hydrogens is 492 g/mol. The fraction of sp³-hybridized carbons (Fsp3) is 0. The topological polar surface area (TPSA) is 0 Å². The van der Waals surface area contributed by atoms with E-state index in [-0.39, 0.29) is 0 Å². The predicted octanol–water partition coefficient (Wildman–Crippen LogP) is 3.28. The van der Waals surface area contributed by atoms with Gasteiger partial charge in [-0.1, -0.05) is 142 Å². The number of hydrogen-bond acceptors (Lipinski definition) is 0. The van der Waals surface area contributed by atoms with Crippen molar-refractivity contribution in [3.8, 4) is 0 Å². The molecule has 0 amide bonds. The highest BCUT2D eigenvalue weighted by Crippen LogP contribution is 2.13. The first-order valence-corrected chi connectivity index (χ1v) is 14.4. The summed E-state index contributed by atoms with van der Waals surface area (Å²) in [7, 11) is -4.74. The minimum atomic E-state index is -2.37. The molecule has 0 aliphatic rings. The van der Waals surface area contributed by atoms with Gasteiger partial charge in [-0.05, 0) is 0 Å². The molecule has 0 fully saturated rings. The van der Waals surface area contributed by atoms with Crippen molar-refractivity contribution in [2.45, 2.75) is 0 Å². The van der Waals surface area contributed by atoms with Gasteiger partial charge in [0.1, 0.15) is 0 Å². The molecule has 0 bridgehead atoms. The molecule has 6 heteroatoms. The summed E-state index contributed by atoms with van der Waals surface area (Å²) in [5.74, 6) is -5.28. The highest BCUT2D eigenvalue weighted by Gasteiger charge is 2.37. The summed E-state index contributed by atoms with van der Waals surface area (Å²) in [5, 5.41) is 1.48.